The molecular formula is C46H72N2O7. The molecule has 0 radical (unpaired) electrons. The summed E-state index contributed by atoms with van der Waals surface area (Å²) in [6.07, 6.45) is 20.5. The lowest BCUT2D eigenvalue weighted by Gasteiger charge is -2.64. The summed E-state index contributed by atoms with van der Waals surface area (Å²) in [7, 11) is 0. The Morgan fingerprint density at radius 3 is 2.51 bits per heavy atom. The van der Waals surface area contributed by atoms with Crippen LogP contribution in [0.5, 0.6) is 0 Å². The Kier molecular flexibility index (Phi) is 11.1. The summed E-state index contributed by atoms with van der Waals surface area (Å²) in [5, 5.41) is 64.6. The summed E-state index contributed by atoms with van der Waals surface area (Å²) in [4.78, 5) is 14.5. The minimum absolute atomic E-state index is 0.0542. The van der Waals surface area contributed by atoms with Crippen molar-refractivity contribution < 1.29 is 35.1 Å². The van der Waals surface area contributed by atoms with Gasteiger partial charge < -0.3 is 41.3 Å². The van der Waals surface area contributed by atoms with E-state index in [4.69, 9.17) is 10.5 Å². The van der Waals surface area contributed by atoms with E-state index in [1.807, 2.05) is 25.3 Å². The van der Waals surface area contributed by atoms with Crippen LogP contribution in [0.2, 0.25) is 0 Å². The summed E-state index contributed by atoms with van der Waals surface area (Å²) < 4.78 is 6.81. The Balaban J connectivity index is 1.13. The number of nitrogens with two attached hydrogens (primary N) is 1. The van der Waals surface area contributed by atoms with E-state index in [1.165, 1.54) is 19.3 Å². The first kappa shape index (κ1) is 40.2. The smallest absolute Gasteiger partial charge is 0.159 e. The van der Waals surface area contributed by atoms with Crippen molar-refractivity contribution in [2.45, 2.75) is 191 Å². The van der Waals surface area contributed by atoms with Gasteiger partial charge in [-0.15, -0.1) is 0 Å². The van der Waals surface area contributed by atoms with Crippen molar-refractivity contribution in [2.75, 3.05) is 0 Å². The molecule has 6 fully saturated rings. The Bertz CT molecular complexity index is 1520. The maximum Gasteiger partial charge on any atom is 0.159 e. The molecule has 8 N–H and O–H groups in total. The van der Waals surface area contributed by atoms with Gasteiger partial charge in [0.2, 0.25) is 0 Å². The molecular weight excluding hydrogens is 693 g/mol. The number of ether oxygens (including phenoxy) is 1. The van der Waals surface area contributed by atoms with Crippen LogP contribution >= 0.6 is 0 Å². The molecule has 55 heavy (non-hydrogen) atoms. The predicted octanol–water partition coefficient (Wildman–Crippen LogP) is 5.96. The third-order valence-electron chi connectivity index (χ3n) is 17.7. The van der Waals surface area contributed by atoms with Gasteiger partial charge in [0.15, 0.2) is 5.78 Å². The van der Waals surface area contributed by atoms with Gasteiger partial charge in [-0.25, -0.2) is 0 Å². The second-order valence-corrected chi connectivity index (χ2v) is 20.2. The Hall–Kier alpha value is -1.59. The molecule has 0 aromatic carbocycles. The van der Waals surface area contributed by atoms with Crippen molar-refractivity contribution in [3.63, 3.8) is 0 Å². The summed E-state index contributed by atoms with van der Waals surface area (Å²) >= 11 is 0. The third-order valence-corrected chi connectivity index (χ3v) is 17.7. The van der Waals surface area contributed by atoms with E-state index < -0.39 is 52.4 Å². The molecule has 2 aliphatic heterocycles. The first-order chi connectivity index (χ1) is 26.3. The molecule has 16 atom stereocenters. The van der Waals surface area contributed by atoms with E-state index >= 15 is 0 Å². The van der Waals surface area contributed by atoms with E-state index in [9.17, 15) is 30.3 Å². The largest absolute Gasteiger partial charge is 0.390 e. The number of hydrogen-bond donors (Lipinski definition) is 7. The van der Waals surface area contributed by atoms with Crippen molar-refractivity contribution >= 4 is 5.78 Å². The summed E-state index contributed by atoms with van der Waals surface area (Å²) in [6, 6.07) is 0. The normalized spacial score (nSPS) is 47.6. The number of nitrogens with one attached hydrogen (secondary N) is 1. The molecule has 1 unspecified atom stereocenters. The van der Waals surface area contributed by atoms with Crippen LogP contribution < -0.4 is 11.1 Å². The standard InChI is InChI=1S/C46H72N2O7/c1-4-8-28-11-14-31-27(2)41(55-38(31)15-12-28)42(52)43(3,53)39-19-22-46(54)33-23-35(49)34-24-36(50)37(51)25-44(34,20-17-29-13-16-40(47)48-26-29)32(33)18-21-45(39,46)30-9-6-5-7-10-30/h13,16,23,26-28,30-32,34,36-42,48,50-54H,4-12,14-15,17-22,24-25,47H2,1-3H3/t27-,28+,31-,32-,34-,36+,37-,38+,39+,40?,41+,42+,43+,44+,45-,46+/m0/s1. The van der Waals surface area contributed by atoms with Crippen LogP contribution in [0.4, 0.5) is 0 Å². The molecule has 9 nitrogen and oxygen atoms in total. The van der Waals surface area contributed by atoms with E-state index in [2.05, 4.69) is 19.2 Å². The molecule has 8 rings (SSSR count). The maximum atomic E-state index is 14.5. The van der Waals surface area contributed by atoms with Crippen LogP contribution in [0.15, 0.2) is 35.6 Å². The number of rotatable bonds is 9. The van der Waals surface area contributed by atoms with Crippen molar-refractivity contribution in [3.05, 3.63) is 35.6 Å². The Morgan fingerprint density at radius 2 is 1.78 bits per heavy atom. The van der Waals surface area contributed by atoms with Gasteiger partial charge in [0, 0.05) is 17.5 Å². The zero-order chi connectivity index (χ0) is 38.9. The molecule has 308 valence electrons. The zero-order valence-electron chi connectivity index (χ0n) is 33.9. The van der Waals surface area contributed by atoms with Crippen LogP contribution in [0.1, 0.15) is 143 Å². The lowest BCUT2D eigenvalue weighted by atomic mass is 9.41. The van der Waals surface area contributed by atoms with Gasteiger partial charge >= 0.3 is 0 Å². The molecule has 0 amide bonds. The molecule has 0 aromatic heterocycles. The van der Waals surface area contributed by atoms with E-state index in [0.29, 0.717) is 44.4 Å². The van der Waals surface area contributed by atoms with E-state index in [-0.39, 0.29) is 48.1 Å². The number of carbonyl (C=O) groups is 1. The first-order valence-electron chi connectivity index (χ1n) is 22.6. The fraction of sp³-hybridized carbons (Fsp3) is 0.848. The molecule has 0 aromatic rings. The van der Waals surface area contributed by atoms with Gasteiger partial charge in [0.1, 0.15) is 6.10 Å². The van der Waals surface area contributed by atoms with E-state index in [0.717, 1.165) is 74.9 Å². The fourth-order valence-corrected chi connectivity index (χ4v) is 15.0. The Labute approximate surface area is 329 Å². The average molecular weight is 765 g/mol. The number of hydrogen-bond acceptors (Lipinski definition) is 9. The van der Waals surface area contributed by atoms with Gasteiger partial charge in [-0.3, -0.25) is 4.79 Å². The van der Waals surface area contributed by atoms with Crippen LogP contribution in [-0.4, -0.2) is 79.2 Å². The number of carbonyl (C=O) groups excluding carboxylic acids is 1. The number of fused-ring (bicyclic) bond motifs is 6. The molecule has 0 spiro atoms. The fourth-order valence-electron chi connectivity index (χ4n) is 15.0. The highest BCUT2D eigenvalue weighted by atomic mass is 16.5. The highest BCUT2D eigenvalue weighted by Crippen LogP contribution is 2.73. The summed E-state index contributed by atoms with van der Waals surface area (Å²) in [5.41, 5.74) is 3.74. The predicted molar refractivity (Wildman–Crippen MR) is 212 cm³/mol. The topological polar surface area (TPSA) is 166 Å². The van der Waals surface area contributed by atoms with Crippen molar-refractivity contribution in [2.24, 2.45) is 58.0 Å². The summed E-state index contributed by atoms with van der Waals surface area (Å²) in [6.45, 7) is 6.31. The van der Waals surface area contributed by atoms with Gasteiger partial charge in [-0.1, -0.05) is 58.4 Å². The van der Waals surface area contributed by atoms with Gasteiger partial charge in [0.25, 0.3) is 0 Å². The van der Waals surface area contributed by atoms with Crippen molar-refractivity contribution in [3.8, 4) is 0 Å². The molecule has 0 bridgehead atoms. The summed E-state index contributed by atoms with van der Waals surface area (Å²) in [5.74, 6) is 0.376. The number of allylic oxidation sites excluding steroid dienone is 3. The molecule has 2 heterocycles. The van der Waals surface area contributed by atoms with Gasteiger partial charge in [-0.2, -0.15) is 0 Å². The van der Waals surface area contributed by atoms with Crippen LogP contribution in [-0.2, 0) is 9.53 Å². The van der Waals surface area contributed by atoms with Gasteiger partial charge in [-0.05, 0) is 155 Å². The molecule has 1 saturated heterocycles. The molecule has 8 aliphatic rings. The van der Waals surface area contributed by atoms with Crippen LogP contribution in [0.3, 0.4) is 0 Å². The number of ketones is 1. The number of dihydropyridines is 1. The van der Waals surface area contributed by atoms with Crippen LogP contribution in [0.25, 0.3) is 0 Å². The second kappa shape index (κ2) is 15.2. The molecule has 9 heteroatoms. The SMILES string of the molecule is CCC[C@@H]1CC[C@H]2[C@H](C)[C@H]([C@@H](O)[C@](C)(O)[C@H]3CC[C@@]4(O)C5=CC(=O)[C@@H]6C[C@@H](O)[C@@H](O)C[C@]6(CCC6=CNC(N)C=C6)[C@H]5CC[C@]34C3CCCCC3)O[C@@H]2CC1. The molecule has 5 saturated carbocycles. The second-order valence-electron chi connectivity index (χ2n) is 20.2. The highest BCUT2D eigenvalue weighted by Gasteiger charge is 2.73. The van der Waals surface area contributed by atoms with Crippen LogP contribution in [0, 0.1) is 52.3 Å². The first-order valence-corrected chi connectivity index (χ1v) is 22.6. The van der Waals surface area contributed by atoms with Crippen molar-refractivity contribution in [1.82, 2.24) is 5.32 Å². The lowest BCUT2D eigenvalue weighted by Crippen LogP contribution is -2.67. The lowest BCUT2D eigenvalue weighted by molar-refractivity contribution is -0.219. The third kappa shape index (κ3) is 6.48. The highest BCUT2D eigenvalue weighted by molar-refractivity contribution is 5.95. The van der Waals surface area contributed by atoms with Crippen molar-refractivity contribution in [1.29, 1.82) is 0 Å². The monoisotopic (exact) mass is 765 g/mol. The quantitative estimate of drug-likeness (QED) is 0.150. The van der Waals surface area contributed by atoms with Gasteiger partial charge in [0.05, 0.1) is 41.8 Å². The molecule has 6 aliphatic carbocycles. The number of aliphatic hydroxyl groups is 5. The number of aliphatic hydroxyl groups excluding tert-OH is 3. The minimum atomic E-state index is -1.51. The zero-order valence-corrected chi connectivity index (χ0v) is 33.9. The minimum Gasteiger partial charge on any atom is -0.390 e. The Morgan fingerprint density at radius 1 is 1.02 bits per heavy atom. The average Bonchev–Trinajstić information content (AvgIpc) is 3.59. The van der Waals surface area contributed by atoms with E-state index in [1.54, 1.807) is 6.08 Å². The maximum absolute atomic E-state index is 14.5.